The van der Waals surface area contributed by atoms with Gasteiger partial charge in [0.2, 0.25) is 5.91 Å². The second-order valence-electron chi connectivity index (χ2n) is 6.71. The van der Waals surface area contributed by atoms with Gasteiger partial charge < -0.3 is 15.7 Å². The standard InChI is InChI=1S/C15H26N2O2/c16-9-10-1-3-11(4-2-10)15(19)17-12-5-6-13(17)8-14(18)7-12/h10-14,18H,1-9,16H2. The first-order valence-electron chi connectivity index (χ1n) is 7.89. The number of amides is 1. The Morgan fingerprint density at radius 1 is 1.05 bits per heavy atom. The van der Waals surface area contributed by atoms with Crippen LogP contribution < -0.4 is 5.73 Å². The molecule has 1 aliphatic carbocycles. The Bertz CT molecular complexity index is 325. The number of hydrogen-bond donors (Lipinski definition) is 2. The molecule has 3 N–H and O–H groups in total. The second-order valence-corrected chi connectivity index (χ2v) is 6.71. The van der Waals surface area contributed by atoms with Crippen LogP contribution in [0.3, 0.4) is 0 Å². The van der Waals surface area contributed by atoms with Crippen molar-refractivity contribution in [2.24, 2.45) is 17.6 Å². The number of aliphatic hydroxyl groups is 1. The van der Waals surface area contributed by atoms with Crippen LogP contribution in [0, 0.1) is 11.8 Å². The summed E-state index contributed by atoms with van der Waals surface area (Å²) in [5, 5.41) is 9.81. The average Bonchev–Trinajstić information content (AvgIpc) is 2.70. The van der Waals surface area contributed by atoms with E-state index in [1.54, 1.807) is 0 Å². The van der Waals surface area contributed by atoms with Gasteiger partial charge in [-0.1, -0.05) is 0 Å². The Morgan fingerprint density at radius 2 is 1.63 bits per heavy atom. The quantitative estimate of drug-likeness (QED) is 0.791. The normalized spacial score (nSPS) is 42.4. The zero-order chi connectivity index (χ0) is 13.4. The van der Waals surface area contributed by atoms with E-state index in [2.05, 4.69) is 4.90 Å². The number of nitrogens with zero attached hydrogens (tertiary/aromatic N) is 1. The van der Waals surface area contributed by atoms with Crippen LogP contribution >= 0.6 is 0 Å². The number of carbonyl (C=O) groups is 1. The third-order valence-corrected chi connectivity index (χ3v) is 5.49. The topological polar surface area (TPSA) is 66.6 Å². The van der Waals surface area contributed by atoms with Crippen molar-refractivity contribution in [3.8, 4) is 0 Å². The third kappa shape index (κ3) is 2.52. The van der Waals surface area contributed by atoms with Crippen molar-refractivity contribution in [3.63, 3.8) is 0 Å². The molecule has 2 aliphatic heterocycles. The number of hydrogen-bond acceptors (Lipinski definition) is 3. The highest BCUT2D eigenvalue weighted by Crippen LogP contribution is 2.39. The van der Waals surface area contributed by atoms with E-state index in [9.17, 15) is 9.90 Å². The molecule has 2 heterocycles. The molecule has 0 spiro atoms. The zero-order valence-electron chi connectivity index (χ0n) is 11.6. The summed E-state index contributed by atoms with van der Waals surface area (Å²) in [6.45, 7) is 0.766. The van der Waals surface area contributed by atoms with Crippen LogP contribution in [-0.4, -0.2) is 40.6 Å². The van der Waals surface area contributed by atoms with Crippen LogP contribution in [0.1, 0.15) is 51.4 Å². The summed E-state index contributed by atoms with van der Waals surface area (Å²) in [5.74, 6) is 1.22. The molecule has 2 saturated heterocycles. The van der Waals surface area contributed by atoms with Gasteiger partial charge in [-0.15, -0.1) is 0 Å². The summed E-state index contributed by atoms with van der Waals surface area (Å²) in [7, 11) is 0. The summed E-state index contributed by atoms with van der Waals surface area (Å²) in [6, 6.07) is 0.627. The third-order valence-electron chi connectivity index (χ3n) is 5.49. The van der Waals surface area contributed by atoms with Crippen molar-refractivity contribution in [3.05, 3.63) is 0 Å². The van der Waals surface area contributed by atoms with E-state index in [0.29, 0.717) is 23.9 Å². The van der Waals surface area contributed by atoms with Gasteiger partial charge in [-0.3, -0.25) is 4.79 Å². The Hall–Kier alpha value is -0.610. The van der Waals surface area contributed by atoms with Gasteiger partial charge in [0, 0.05) is 18.0 Å². The predicted octanol–water partition coefficient (Wildman–Crippen LogP) is 1.27. The lowest BCUT2D eigenvalue weighted by Crippen LogP contribution is -2.50. The molecule has 3 rings (SSSR count). The van der Waals surface area contributed by atoms with Gasteiger partial charge in [0.1, 0.15) is 0 Å². The molecule has 0 aromatic rings. The maximum absolute atomic E-state index is 12.7. The van der Waals surface area contributed by atoms with Crippen molar-refractivity contribution in [2.75, 3.05) is 6.54 Å². The Labute approximate surface area is 115 Å². The highest BCUT2D eigenvalue weighted by molar-refractivity contribution is 5.80. The first kappa shape index (κ1) is 13.4. The molecule has 108 valence electrons. The molecule has 3 aliphatic rings. The minimum atomic E-state index is -0.186. The Balaban J connectivity index is 1.62. The van der Waals surface area contributed by atoms with Gasteiger partial charge in [0.25, 0.3) is 0 Å². The molecular weight excluding hydrogens is 240 g/mol. The molecule has 0 aromatic heterocycles. The van der Waals surface area contributed by atoms with Crippen LogP contribution in [-0.2, 0) is 4.79 Å². The van der Waals surface area contributed by atoms with Crippen LogP contribution in [0.2, 0.25) is 0 Å². The van der Waals surface area contributed by atoms with E-state index in [1.807, 2.05) is 0 Å². The van der Waals surface area contributed by atoms with Gasteiger partial charge in [-0.05, 0) is 63.8 Å². The average molecular weight is 266 g/mol. The first-order chi connectivity index (χ1) is 9.19. The lowest BCUT2D eigenvalue weighted by Gasteiger charge is -2.40. The largest absolute Gasteiger partial charge is 0.393 e. The number of fused-ring (bicyclic) bond motifs is 2. The molecule has 3 fully saturated rings. The van der Waals surface area contributed by atoms with Crippen LogP contribution in [0.25, 0.3) is 0 Å². The van der Waals surface area contributed by atoms with Gasteiger partial charge in [-0.2, -0.15) is 0 Å². The smallest absolute Gasteiger partial charge is 0.226 e. The fraction of sp³-hybridized carbons (Fsp3) is 0.933. The number of nitrogens with two attached hydrogens (primary N) is 1. The summed E-state index contributed by atoms with van der Waals surface area (Å²) < 4.78 is 0. The maximum atomic E-state index is 12.7. The Morgan fingerprint density at radius 3 is 2.16 bits per heavy atom. The molecule has 19 heavy (non-hydrogen) atoms. The molecule has 2 unspecified atom stereocenters. The monoisotopic (exact) mass is 266 g/mol. The van der Waals surface area contributed by atoms with E-state index >= 15 is 0 Å². The molecule has 4 nitrogen and oxygen atoms in total. The van der Waals surface area contributed by atoms with Crippen molar-refractivity contribution < 1.29 is 9.90 Å². The number of rotatable bonds is 2. The van der Waals surface area contributed by atoms with Crippen molar-refractivity contribution in [2.45, 2.75) is 69.6 Å². The van der Waals surface area contributed by atoms with E-state index in [4.69, 9.17) is 5.73 Å². The summed E-state index contributed by atoms with van der Waals surface area (Å²) in [5.41, 5.74) is 5.71. The summed E-state index contributed by atoms with van der Waals surface area (Å²) in [6.07, 6.45) is 7.82. The SMILES string of the molecule is NCC1CCC(C(=O)N2C3CCC2CC(O)C3)CC1. The molecule has 4 heteroatoms. The molecular formula is C15H26N2O2. The number of carbonyl (C=O) groups excluding carboxylic acids is 1. The highest BCUT2D eigenvalue weighted by atomic mass is 16.3. The lowest BCUT2D eigenvalue weighted by atomic mass is 9.81. The fourth-order valence-corrected chi connectivity index (χ4v) is 4.36. The summed E-state index contributed by atoms with van der Waals surface area (Å²) in [4.78, 5) is 14.9. The van der Waals surface area contributed by atoms with E-state index in [0.717, 1.165) is 57.9 Å². The molecule has 2 bridgehead atoms. The molecule has 0 radical (unpaired) electrons. The van der Waals surface area contributed by atoms with Crippen LogP contribution in [0.4, 0.5) is 0 Å². The van der Waals surface area contributed by atoms with Crippen LogP contribution in [0.15, 0.2) is 0 Å². The van der Waals surface area contributed by atoms with Gasteiger partial charge >= 0.3 is 0 Å². The lowest BCUT2D eigenvalue weighted by molar-refractivity contribution is -0.143. The van der Waals surface area contributed by atoms with Gasteiger partial charge in [0.15, 0.2) is 0 Å². The second kappa shape index (κ2) is 5.41. The highest BCUT2D eigenvalue weighted by Gasteiger charge is 2.44. The van der Waals surface area contributed by atoms with Crippen molar-refractivity contribution >= 4 is 5.91 Å². The zero-order valence-corrected chi connectivity index (χ0v) is 11.6. The minimum Gasteiger partial charge on any atom is -0.393 e. The van der Waals surface area contributed by atoms with Crippen molar-refractivity contribution in [1.29, 1.82) is 0 Å². The molecule has 1 saturated carbocycles. The fourth-order valence-electron chi connectivity index (χ4n) is 4.36. The molecule has 2 atom stereocenters. The maximum Gasteiger partial charge on any atom is 0.226 e. The number of piperidine rings is 1. The molecule has 1 amide bonds. The van der Waals surface area contributed by atoms with Gasteiger partial charge in [0.05, 0.1) is 6.10 Å². The summed E-state index contributed by atoms with van der Waals surface area (Å²) >= 11 is 0. The minimum absolute atomic E-state index is 0.186. The predicted molar refractivity (Wildman–Crippen MR) is 73.4 cm³/mol. The van der Waals surface area contributed by atoms with Gasteiger partial charge in [-0.25, -0.2) is 0 Å². The van der Waals surface area contributed by atoms with Crippen LogP contribution in [0.5, 0.6) is 0 Å². The van der Waals surface area contributed by atoms with Crippen molar-refractivity contribution in [1.82, 2.24) is 4.90 Å². The Kier molecular flexibility index (Phi) is 3.81. The number of aliphatic hydroxyl groups excluding tert-OH is 1. The molecule has 0 aromatic carbocycles. The van der Waals surface area contributed by atoms with E-state index < -0.39 is 0 Å². The van der Waals surface area contributed by atoms with E-state index in [-0.39, 0.29) is 12.0 Å². The first-order valence-corrected chi connectivity index (χ1v) is 7.89. The van der Waals surface area contributed by atoms with E-state index in [1.165, 1.54) is 0 Å².